The topological polar surface area (TPSA) is 132 Å². The summed E-state index contributed by atoms with van der Waals surface area (Å²) in [5, 5.41) is 32.8. The number of nitrogens with zero attached hydrogens (tertiary/aromatic N) is 2. The van der Waals surface area contributed by atoms with E-state index in [0.717, 1.165) is 6.42 Å². The molecule has 0 spiro atoms. The van der Waals surface area contributed by atoms with Crippen molar-refractivity contribution in [2.75, 3.05) is 6.61 Å². The summed E-state index contributed by atoms with van der Waals surface area (Å²) >= 11 is 1.26. The predicted molar refractivity (Wildman–Crippen MR) is 102 cm³/mol. The summed E-state index contributed by atoms with van der Waals surface area (Å²) in [4.78, 5) is 25.8. The monoisotopic (exact) mass is 420 g/mol. The van der Waals surface area contributed by atoms with Gasteiger partial charge in [-0.15, -0.1) is 11.3 Å². The molecule has 1 aliphatic heterocycles. The molecule has 2 fully saturated rings. The number of aliphatic hydroxyl groups is 1. The zero-order valence-electron chi connectivity index (χ0n) is 15.3. The normalized spacial score (nSPS) is 28.7. The van der Waals surface area contributed by atoms with E-state index in [1.54, 1.807) is 18.2 Å². The fourth-order valence-corrected chi connectivity index (χ4v) is 5.06. The van der Waals surface area contributed by atoms with Crippen molar-refractivity contribution in [1.29, 1.82) is 0 Å². The Morgan fingerprint density at radius 3 is 2.90 bits per heavy atom. The van der Waals surface area contributed by atoms with E-state index in [2.05, 4.69) is 4.98 Å². The Balaban J connectivity index is 1.41. The van der Waals surface area contributed by atoms with Gasteiger partial charge in [-0.05, 0) is 24.8 Å². The number of nitro benzene ring substituents is 1. The van der Waals surface area contributed by atoms with E-state index in [0.29, 0.717) is 17.8 Å². The number of benzene rings is 1. The minimum Gasteiger partial charge on any atom is -0.486 e. The fourth-order valence-electron chi connectivity index (χ4n) is 4.19. The third-order valence-corrected chi connectivity index (χ3v) is 6.54. The molecule has 0 amide bonds. The summed E-state index contributed by atoms with van der Waals surface area (Å²) in [5.41, 5.74) is -0.0904. The van der Waals surface area contributed by atoms with Gasteiger partial charge in [-0.1, -0.05) is 12.1 Å². The third kappa shape index (κ3) is 3.96. The quantitative estimate of drug-likeness (QED) is 0.538. The average molecular weight is 420 g/mol. The summed E-state index contributed by atoms with van der Waals surface area (Å²) in [5.74, 6) is -0.994. The van der Waals surface area contributed by atoms with Gasteiger partial charge in [-0.25, -0.2) is 9.78 Å². The van der Waals surface area contributed by atoms with Gasteiger partial charge >= 0.3 is 11.7 Å². The van der Waals surface area contributed by atoms with Crippen LogP contribution in [-0.2, 0) is 4.74 Å². The maximum absolute atomic E-state index is 11.1. The van der Waals surface area contributed by atoms with Gasteiger partial charge in [0.1, 0.15) is 11.1 Å². The van der Waals surface area contributed by atoms with Crippen molar-refractivity contribution in [3.05, 3.63) is 50.5 Å². The largest absolute Gasteiger partial charge is 0.486 e. The van der Waals surface area contributed by atoms with Crippen molar-refractivity contribution in [3.63, 3.8) is 0 Å². The smallest absolute Gasteiger partial charge is 0.355 e. The molecule has 2 N–H and O–H groups in total. The molecule has 0 radical (unpaired) electrons. The van der Waals surface area contributed by atoms with Crippen molar-refractivity contribution in [1.82, 2.24) is 4.98 Å². The molecule has 0 unspecified atom stereocenters. The molecular weight excluding hydrogens is 400 g/mol. The van der Waals surface area contributed by atoms with Gasteiger partial charge in [0.05, 0.1) is 23.7 Å². The number of thiazole rings is 1. The number of rotatable bonds is 6. The number of carboxylic acids is 1. The number of aliphatic hydroxyl groups excluding tert-OH is 1. The molecule has 0 bridgehead atoms. The lowest BCUT2D eigenvalue weighted by molar-refractivity contribution is -0.385. The molecule has 5 atom stereocenters. The molecule has 1 aliphatic carbocycles. The van der Waals surface area contributed by atoms with Crippen LogP contribution in [0.15, 0.2) is 29.6 Å². The van der Waals surface area contributed by atoms with Gasteiger partial charge in [0.25, 0.3) is 0 Å². The van der Waals surface area contributed by atoms with E-state index in [1.807, 2.05) is 0 Å². The molecule has 1 saturated carbocycles. The average Bonchev–Trinajstić information content (AvgIpc) is 3.30. The van der Waals surface area contributed by atoms with Crippen LogP contribution in [0.25, 0.3) is 0 Å². The van der Waals surface area contributed by atoms with E-state index in [9.17, 15) is 20.0 Å². The number of carbonyl (C=O) groups is 1. The van der Waals surface area contributed by atoms with Crippen LogP contribution in [0.3, 0.4) is 0 Å². The summed E-state index contributed by atoms with van der Waals surface area (Å²) in [6, 6.07) is 6.18. The molecule has 9 nitrogen and oxygen atoms in total. The predicted octanol–water partition coefficient (Wildman–Crippen LogP) is 3.05. The number of nitro groups is 1. The van der Waals surface area contributed by atoms with Gasteiger partial charge in [0, 0.05) is 23.8 Å². The van der Waals surface area contributed by atoms with Crippen LogP contribution in [0.1, 0.15) is 40.9 Å². The molecule has 1 saturated heterocycles. The van der Waals surface area contributed by atoms with Gasteiger partial charge in [0.15, 0.2) is 11.4 Å². The molecular formula is C19H20N2O7S. The first-order valence-electron chi connectivity index (χ1n) is 9.32. The zero-order valence-corrected chi connectivity index (χ0v) is 16.2. The maximum atomic E-state index is 11.1. The van der Waals surface area contributed by atoms with E-state index < -0.39 is 17.0 Å². The molecule has 10 heteroatoms. The van der Waals surface area contributed by atoms with E-state index >= 15 is 0 Å². The second kappa shape index (κ2) is 8.05. The minimum atomic E-state index is -1.07. The molecule has 4 rings (SSSR count). The summed E-state index contributed by atoms with van der Waals surface area (Å²) in [6.45, 7) is 0.168. The molecule has 2 aromatic rings. The number of carboxylic acid groups (broad SMARTS) is 1. The van der Waals surface area contributed by atoms with Crippen molar-refractivity contribution in [3.8, 4) is 5.75 Å². The van der Waals surface area contributed by atoms with E-state index in [4.69, 9.17) is 14.6 Å². The molecule has 2 heterocycles. The Morgan fingerprint density at radius 1 is 1.38 bits per heavy atom. The Labute approximate surface area is 170 Å². The summed E-state index contributed by atoms with van der Waals surface area (Å²) < 4.78 is 11.8. The highest BCUT2D eigenvalue weighted by molar-refractivity contribution is 7.09. The van der Waals surface area contributed by atoms with E-state index in [-0.39, 0.29) is 47.8 Å². The van der Waals surface area contributed by atoms with Crippen LogP contribution in [0, 0.1) is 22.0 Å². The number of fused-ring (bicyclic) bond motifs is 1. The molecule has 2 aliphatic rings. The number of aromatic nitrogens is 1. The summed E-state index contributed by atoms with van der Waals surface area (Å²) in [6.07, 6.45) is 0.805. The minimum absolute atomic E-state index is 0.0120. The SMILES string of the molecule is O=C(O)c1csc([C@H]2CC[C@@H]3[C@@H](COc4ccccc4[N+](=O)[O-])[C@H](O)C[C@@H]3O2)n1. The zero-order chi connectivity index (χ0) is 20.5. The first-order valence-corrected chi connectivity index (χ1v) is 10.2. The fraction of sp³-hybridized carbons (Fsp3) is 0.474. The van der Waals surface area contributed by atoms with Crippen LogP contribution in [0.4, 0.5) is 5.69 Å². The molecule has 154 valence electrons. The van der Waals surface area contributed by atoms with Gasteiger partial charge in [-0.3, -0.25) is 10.1 Å². The molecule has 1 aromatic heterocycles. The van der Waals surface area contributed by atoms with Crippen LogP contribution in [0.2, 0.25) is 0 Å². The second-order valence-electron chi connectivity index (χ2n) is 7.28. The van der Waals surface area contributed by atoms with Crippen LogP contribution >= 0.6 is 11.3 Å². The number of hydrogen-bond donors (Lipinski definition) is 2. The second-order valence-corrected chi connectivity index (χ2v) is 8.17. The highest BCUT2D eigenvalue weighted by atomic mass is 32.1. The first kappa shape index (κ1) is 19.7. The lowest BCUT2D eigenvalue weighted by Crippen LogP contribution is -2.33. The number of ether oxygens (including phenoxy) is 2. The van der Waals surface area contributed by atoms with Crippen molar-refractivity contribution >= 4 is 23.0 Å². The lowest BCUT2D eigenvalue weighted by Gasteiger charge is -2.33. The van der Waals surface area contributed by atoms with Crippen LogP contribution in [-0.4, -0.2) is 44.9 Å². The van der Waals surface area contributed by atoms with Crippen LogP contribution < -0.4 is 4.74 Å². The Morgan fingerprint density at radius 2 is 2.17 bits per heavy atom. The Kier molecular flexibility index (Phi) is 5.48. The molecule has 1 aromatic carbocycles. The first-order chi connectivity index (χ1) is 13.9. The van der Waals surface area contributed by atoms with E-state index in [1.165, 1.54) is 22.8 Å². The number of aromatic carboxylic acids is 1. The Bertz CT molecular complexity index is 917. The standard InChI is InChI=1S/C19H20N2O7S/c22-14-7-17-10(5-6-16(28-17)18-20-12(9-29-18)19(23)24)11(14)8-27-15-4-2-1-3-13(15)21(25)26/h1-4,9-11,14,16-17,22H,5-8H2,(H,23,24)/t10-,11-,14-,16-,17+/m1/s1. The maximum Gasteiger partial charge on any atom is 0.355 e. The molecule has 29 heavy (non-hydrogen) atoms. The number of hydrogen-bond acceptors (Lipinski definition) is 8. The lowest BCUT2D eigenvalue weighted by atomic mass is 9.87. The van der Waals surface area contributed by atoms with Gasteiger partial charge < -0.3 is 19.7 Å². The van der Waals surface area contributed by atoms with Gasteiger partial charge in [-0.2, -0.15) is 0 Å². The number of para-hydroxylation sites is 2. The highest BCUT2D eigenvalue weighted by Gasteiger charge is 2.47. The Hall–Kier alpha value is -2.56. The summed E-state index contributed by atoms with van der Waals surface area (Å²) in [7, 11) is 0. The van der Waals surface area contributed by atoms with Crippen molar-refractivity contribution < 1.29 is 29.4 Å². The highest BCUT2D eigenvalue weighted by Crippen LogP contribution is 2.46. The van der Waals surface area contributed by atoms with Crippen LogP contribution in [0.5, 0.6) is 5.75 Å². The van der Waals surface area contributed by atoms with Gasteiger partial charge in [0.2, 0.25) is 0 Å². The third-order valence-electron chi connectivity index (χ3n) is 5.61. The van der Waals surface area contributed by atoms with Crippen molar-refractivity contribution in [2.45, 2.75) is 37.6 Å². The van der Waals surface area contributed by atoms with Crippen molar-refractivity contribution in [2.24, 2.45) is 11.8 Å².